The molecule has 2 N–H and O–H groups in total. The van der Waals surface area contributed by atoms with E-state index < -0.39 is 4.92 Å². The Morgan fingerprint density at radius 1 is 1.64 bits per heavy atom. The van der Waals surface area contributed by atoms with Crippen molar-refractivity contribution in [2.75, 3.05) is 0 Å². The lowest BCUT2D eigenvalue weighted by atomic mass is 10.3. The van der Waals surface area contributed by atoms with E-state index in [2.05, 4.69) is 5.32 Å². The number of hydrogen-bond donors (Lipinski definition) is 2. The Hall–Kier alpha value is -1.78. The van der Waals surface area contributed by atoms with E-state index in [1.165, 1.54) is 18.4 Å². The standard InChI is InChI=1S/C6H6N2O3/c9-4-5-1-2-6(3-7-5)8(10)11/h1-4,7,9H. The first kappa shape index (κ1) is 7.33. The quantitative estimate of drug-likeness (QED) is 0.330. The third-order valence-corrected chi connectivity index (χ3v) is 1.17. The number of nitrogens with zero attached hydrogens (tertiary/aromatic N) is 1. The summed E-state index contributed by atoms with van der Waals surface area (Å²) in [5.41, 5.74) is 0.395. The molecule has 0 amide bonds. The Bertz CT molecular complexity index is 265. The number of aliphatic hydroxyl groups excluding tert-OH is 1. The number of hydrogen-bond acceptors (Lipinski definition) is 4. The van der Waals surface area contributed by atoms with Crippen molar-refractivity contribution in [3.05, 3.63) is 46.1 Å². The van der Waals surface area contributed by atoms with E-state index in [9.17, 15) is 10.1 Å². The second kappa shape index (κ2) is 2.87. The van der Waals surface area contributed by atoms with Crippen molar-refractivity contribution in [2.45, 2.75) is 0 Å². The molecule has 11 heavy (non-hydrogen) atoms. The molecule has 1 heterocycles. The van der Waals surface area contributed by atoms with Crippen LogP contribution in [-0.4, -0.2) is 10.0 Å². The molecule has 0 radical (unpaired) electrons. The molecule has 58 valence electrons. The molecular weight excluding hydrogens is 148 g/mol. The van der Waals surface area contributed by atoms with E-state index in [1.807, 2.05) is 0 Å². The smallest absolute Gasteiger partial charge is 0.285 e. The van der Waals surface area contributed by atoms with Crippen molar-refractivity contribution in [1.29, 1.82) is 0 Å². The SMILES string of the molecule is O=[N+]([O-])C1=CNC(=CO)C=C1. The molecule has 1 rings (SSSR count). The lowest BCUT2D eigenvalue weighted by molar-refractivity contribution is -0.419. The summed E-state index contributed by atoms with van der Waals surface area (Å²) in [5.74, 6) is 0. The molecular formula is C6H6N2O3. The lowest BCUT2D eigenvalue weighted by Crippen LogP contribution is -2.11. The van der Waals surface area contributed by atoms with Crippen molar-refractivity contribution in [1.82, 2.24) is 5.32 Å². The molecule has 0 saturated carbocycles. The van der Waals surface area contributed by atoms with Crippen LogP contribution in [0.4, 0.5) is 0 Å². The molecule has 0 aliphatic carbocycles. The molecule has 0 fully saturated rings. The van der Waals surface area contributed by atoms with Gasteiger partial charge in [0, 0.05) is 6.08 Å². The average Bonchev–Trinajstić information content (AvgIpc) is 2.05. The summed E-state index contributed by atoms with van der Waals surface area (Å²) < 4.78 is 0. The fourth-order valence-corrected chi connectivity index (χ4v) is 0.623. The largest absolute Gasteiger partial charge is 0.513 e. The lowest BCUT2D eigenvalue weighted by Gasteiger charge is -2.03. The zero-order valence-electron chi connectivity index (χ0n) is 5.52. The molecule has 0 atom stereocenters. The molecule has 0 aromatic rings. The highest BCUT2D eigenvalue weighted by Crippen LogP contribution is 2.05. The first-order chi connectivity index (χ1) is 5.24. The van der Waals surface area contributed by atoms with Crippen LogP contribution in [0.2, 0.25) is 0 Å². The first-order valence-corrected chi connectivity index (χ1v) is 2.87. The van der Waals surface area contributed by atoms with Crippen LogP contribution in [0.5, 0.6) is 0 Å². The van der Waals surface area contributed by atoms with E-state index >= 15 is 0 Å². The van der Waals surface area contributed by atoms with Crippen LogP contribution < -0.4 is 5.32 Å². The monoisotopic (exact) mass is 154 g/mol. The summed E-state index contributed by atoms with van der Waals surface area (Å²) in [6.07, 6.45) is 4.77. The Morgan fingerprint density at radius 3 is 2.73 bits per heavy atom. The number of nitro groups is 1. The molecule has 0 bridgehead atoms. The van der Waals surface area contributed by atoms with Gasteiger partial charge in [-0.2, -0.15) is 0 Å². The van der Waals surface area contributed by atoms with Gasteiger partial charge in [-0.3, -0.25) is 10.1 Å². The third-order valence-electron chi connectivity index (χ3n) is 1.17. The minimum absolute atomic E-state index is 0.0319. The van der Waals surface area contributed by atoms with Gasteiger partial charge >= 0.3 is 0 Å². The van der Waals surface area contributed by atoms with Crippen molar-refractivity contribution in [3.8, 4) is 0 Å². The fourth-order valence-electron chi connectivity index (χ4n) is 0.623. The van der Waals surface area contributed by atoms with Crippen molar-refractivity contribution >= 4 is 0 Å². The summed E-state index contributed by atoms with van der Waals surface area (Å²) in [6.45, 7) is 0. The number of aliphatic hydroxyl groups is 1. The van der Waals surface area contributed by atoms with Gasteiger partial charge in [-0.25, -0.2) is 0 Å². The van der Waals surface area contributed by atoms with Gasteiger partial charge in [0.1, 0.15) is 6.26 Å². The van der Waals surface area contributed by atoms with Crippen molar-refractivity contribution in [2.24, 2.45) is 0 Å². The van der Waals surface area contributed by atoms with Gasteiger partial charge in [-0.15, -0.1) is 0 Å². The highest BCUT2D eigenvalue weighted by atomic mass is 16.6. The summed E-state index contributed by atoms with van der Waals surface area (Å²) in [4.78, 5) is 9.60. The molecule has 0 aromatic heterocycles. The van der Waals surface area contributed by atoms with E-state index in [0.717, 1.165) is 6.26 Å². The predicted octanol–water partition coefficient (Wildman–Crippen LogP) is 0.663. The average molecular weight is 154 g/mol. The minimum Gasteiger partial charge on any atom is -0.513 e. The van der Waals surface area contributed by atoms with Crippen LogP contribution in [0.25, 0.3) is 0 Å². The fraction of sp³-hybridized carbons (Fsp3) is 0. The summed E-state index contributed by atoms with van der Waals surface area (Å²) in [7, 11) is 0. The second-order valence-electron chi connectivity index (χ2n) is 1.89. The molecule has 0 aromatic carbocycles. The molecule has 0 unspecified atom stereocenters. The Labute approximate surface area is 62.5 Å². The van der Waals surface area contributed by atoms with Gasteiger partial charge in [0.15, 0.2) is 0 Å². The van der Waals surface area contributed by atoms with Crippen molar-refractivity contribution < 1.29 is 10.0 Å². The highest BCUT2D eigenvalue weighted by Gasteiger charge is 2.09. The van der Waals surface area contributed by atoms with Crippen LogP contribution in [0.3, 0.4) is 0 Å². The number of rotatable bonds is 1. The zero-order valence-corrected chi connectivity index (χ0v) is 5.52. The van der Waals surface area contributed by atoms with Gasteiger partial charge in [0.25, 0.3) is 5.70 Å². The van der Waals surface area contributed by atoms with Gasteiger partial charge in [0.2, 0.25) is 0 Å². The number of dihydropyridines is 1. The van der Waals surface area contributed by atoms with Gasteiger partial charge < -0.3 is 10.4 Å². The Morgan fingerprint density at radius 2 is 2.36 bits per heavy atom. The zero-order chi connectivity index (χ0) is 8.27. The van der Waals surface area contributed by atoms with Crippen LogP contribution in [0, 0.1) is 10.1 Å². The molecule has 1 aliphatic rings. The number of nitrogens with one attached hydrogen (secondary N) is 1. The molecule has 5 heteroatoms. The van der Waals surface area contributed by atoms with Crippen molar-refractivity contribution in [3.63, 3.8) is 0 Å². The number of allylic oxidation sites excluding steroid dienone is 2. The minimum atomic E-state index is -0.516. The van der Waals surface area contributed by atoms with Crippen LogP contribution >= 0.6 is 0 Å². The summed E-state index contributed by atoms with van der Waals surface area (Å²) >= 11 is 0. The molecule has 5 nitrogen and oxygen atoms in total. The normalized spacial score (nSPS) is 19.3. The maximum absolute atomic E-state index is 10.1. The Kier molecular flexibility index (Phi) is 1.91. The molecule has 1 aliphatic heterocycles. The second-order valence-corrected chi connectivity index (χ2v) is 1.89. The van der Waals surface area contributed by atoms with Crippen LogP contribution in [0.1, 0.15) is 0 Å². The predicted molar refractivity (Wildman–Crippen MR) is 38.1 cm³/mol. The van der Waals surface area contributed by atoms with Crippen LogP contribution in [-0.2, 0) is 0 Å². The molecule has 0 spiro atoms. The van der Waals surface area contributed by atoms with E-state index in [0.29, 0.717) is 5.70 Å². The maximum Gasteiger partial charge on any atom is 0.285 e. The van der Waals surface area contributed by atoms with E-state index in [4.69, 9.17) is 5.11 Å². The summed E-state index contributed by atoms with van der Waals surface area (Å²) in [5, 5.41) is 21.1. The summed E-state index contributed by atoms with van der Waals surface area (Å²) in [6, 6.07) is 0. The van der Waals surface area contributed by atoms with E-state index in [1.54, 1.807) is 0 Å². The van der Waals surface area contributed by atoms with Crippen LogP contribution in [0.15, 0.2) is 36.0 Å². The van der Waals surface area contributed by atoms with E-state index in [-0.39, 0.29) is 5.70 Å². The highest BCUT2D eigenvalue weighted by molar-refractivity contribution is 5.28. The maximum atomic E-state index is 10.1. The van der Waals surface area contributed by atoms with Gasteiger partial charge in [-0.1, -0.05) is 0 Å². The first-order valence-electron chi connectivity index (χ1n) is 2.87. The molecule has 0 saturated heterocycles. The van der Waals surface area contributed by atoms with Gasteiger partial charge in [0.05, 0.1) is 16.8 Å². The Balaban J connectivity index is 2.75. The van der Waals surface area contributed by atoms with Gasteiger partial charge in [-0.05, 0) is 6.08 Å². The topological polar surface area (TPSA) is 75.4 Å². The third kappa shape index (κ3) is 1.57.